The molecule has 3 aromatic rings. The molecular formula is C28H33N3O3. The van der Waals surface area contributed by atoms with Crippen LogP contribution in [0.15, 0.2) is 42.5 Å². The Kier molecular flexibility index (Phi) is 6.15. The molecule has 1 aliphatic carbocycles. The molecule has 178 valence electrons. The Hall–Kier alpha value is -3.15. The van der Waals surface area contributed by atoms with Crippen molar-refractivity contribution in [3.05, 3.63) is 59.4 Å². The number of amides is 1. The standard InChI is InChI=1S/C28H33N3O3/c1-18-12-13-23-24(30(18)28(33)34-3)14-15-25-27(23)29-26(16-20-8-5-4-6-9-20)31(25)22-11-7-10-21(17-22)19(2)32/h4-6,8-9,14-15,18,21-22H,7,10-13,16-17H2,1-3H3/t18-,21-,22-/m0/s1. The molecule has 0 radical (unpaired) electrons. The zero-order chi connectivity index (χ0) is 23.8. The van der Waals surface area contributed by atoms with Crippen LogP contribution in [0.4, 0.5) is 10.5 Å². The lowest BCUT2D eigenvalue weighted by atomic mass is 9.83. The van der Waals surface area contributed by atoms with Gasteiger partial charge in [-0.05, 0) is 63.6 Å². The fourth-order valence-corrected chi connectivity index (χ4v) is 5.90. The van der Waals surface area contributed by atoms with E-state index in [1.54, 1.807) is 11.8 Å². The second-order valence-electron chi connectivity index (χ2n) is 9.85. The first-order valence-electron chi connectivity index (χ1n) is 12.4. The van der Waals surface area contributed by atoms with Gasteiger partial charge in [-0.1, -0.05) is 36.8 Å². The van der Waals surface area contributed by atoms with Gasteiger partial charge in [0.05, 0.1) is 23.8 Å². The average molecular weight is 460 g/mol. The number of carbonyl (C=O) groups excluding carboxylic acids is 2. The van der Waals surface area contributed by atoms with E-state index < -0.39 is 0 Å². The van der Waals surface area contributed by atoms with Gasteiger partial charge < -0.3 is 9.30 Å². The molecule has 0 N–H and O–H groups in total. The third-order valence-electron chi connectivity index (χ3n) is 7.69. The Morgan fingerprint density at radius 1 is 1.09 bits per heavy atom. The van der Waals surface area contributed by atoms with E-state index in [1.807, 2.05) is 6.07 Å². The third-order valence-corrected chi connectivity index (χ3v) is 7.69. The van der Waals surface area contributed by atoms with Crippen LogP contribution in [0.3, 0.4) is 0 Å². The largest absolute Gasteiger partial charge is 0.452 e. The Labute approximate surface area is 200 Å². The molecule has 0 saturated heterocycles. The molecule has 2 aliphatic rings. The van der Waals surface area contributed by atoms with Crippen molar-refractivity contribution in [1.29, 1.82) is 0 Å². The number of imidazole rings is 1. The van der Waals surface area contributed by atoms with Crippen molar-refractivity contribution in [2.45, 2.75) is 70.9 Å². The summed E-state index contributed by atoms with van der Waals surface area (Å²) >= 11 is 0. The van der Waals surface area contributed by atoms with Crippen LogP contribution in [0.1, 0.15) is 68.9 Å². The van der Waals surface area contributed by atoms with Crippen molar-refractivity contribution >= 4 is 28.6 Å². The van der Waals surface area contributed by atoms with Crippen LogP contribution in [0.25, 0.3) is 11.0 Å². The van der Waals surface area contributed by atoms with E-state index >= 15 is 0 Å². The Bertz CT molecular complexity index is 1220. The highest BCUT2D eigenvalue weighted by Gasteiger charge is 2.33. The van der Waals surface area contributed by atoms with E-state index in [2.05, 4.69) is 47.9 Å². The van der Waals surface area contributed by atoms with Crippen LogP contribution in [0.5, 0.6) is 0 Å². The first kappa shape index (κ1) is 22.6. The molecule has 34 heavy (non-hydrogen) atoms. The van der Waals surface area contributed by atoms with E-state index in [1.165, 1.54) is 12.7 Å². The number of hydrogen-bond donors (Lipinski definition) is 0. The number of hydrogen-bond acceptors (Lipinski definition) is 4. The summed E-state index contributed by atoms with van der Waals surface area (Å²) in [6.45, 7) is 3.79. The Balaban J connectivity index is 1.65. The zero-order valence-corrected chi connectivity index (χ0v) is 20.3. The molecule has 1 amide bonds. The highest BCUT2D eigenvalue weighted by molar-refractivity contribution is 5.95. The molecule has 6 nitrogen and oxygen atoms in total. The van der Waals surface area contributed by atoms with E-state index in [4.69, 9.17) is 9.72 Å². The van der Waals surface area contributed by atoms with E-state index in [9.17, 15) is 9.59 Å². The normalized spacial score (nSPS) is 22.4. The fraction of sp³-hybridized carbons (Fsp3) is 0.464. The first-order valence-corrected chi connectivity index (χ1v) is 12.4. The summed E-state index contributed by atoms with van der Waals surface area (Å²) in [5, 5.41) is 0. The number of Topliss-reactive ketones (excluding diaryl/α,β-unsaturated/α-hetero) is 1. The number of methoxy groups -OCH3 is 1. The molecule has 0 unspecified atom stereocenters. The maximum Gasteiger partial charge on any atom is 0.414 e. The third kappa shape index (κ3) is 3.99. The lowest BCUT2D eigenvalue weighted by Gasteiger charge is -2.34. The molecule has 1 fully saturated rings. The summed E-state index contributed by atoms with van der Waals surface area (Å²) in [4.78, 5) is 31.8. The molecule has 1 saturated carbocycles. The molecule has 1 aromatic heterocycles. The van der Waals surface area contributed by atoms with Crippen molar-refractivity contribution in [2.75, 3.05) is 12.0 Å². The lowest BCUT2D eigenvalue weighted by Crippen LogP contribution is -2.42. The predicted molar refractivity (Wildman–Crippen MR) is 133 cm³/mol. The minimum atomic E-state index is -0.326. The van der Waals surface area contributed by atoms with Crippen LogP contribution >= 0.6 is 0 Å². The van der Waals surface area contributed by atoms with Gasteiger partial charge in [-0.2, -0.15) is 0 Å². The van der Waals surface area contributed by atoms with E-state index in [0.29, 0.717) is 5.78 Å². The molecule has 6 heteroatoms. The number of aryl methyl sites for hydroxylation is 1. The highest BCUT2D eigenvalue weighted by atomic mass is 16.5. The predicted octanol–water partition coefficient (Wildman–Crippen LogP) is 5.85. The van der Waals surface area contributed by atoms with Gasteiger partial charge in [-0.25, -0.2) is 9.78 Å². The monoisotopic (exact) mass is 459 g/mol. The van der Waals surface area contributed by atoms with E-state index in [0.717, 1.165) is 73.1 Å². The summed E-state index contributed by atoms with van der Waals surface area (Å²) in [5.41, 5.74) is 5.33. The highest BCUT2D eigenvalue weighted by Crippen LogP contribution is 2.41. The summed E-state index contributed by atoms with van der Waals surface area (Å²) in [6, 6.07) is 14.9. The second-order valence-corrected chi connectivity index (χ2v) is 9.85. The maximum atomic E-state index is 12.6. The van der Waals surface area contributed by atoms with Crippen LogP contribution in [0.2, 0.25) is 0 Å². The van der Waals surface area contributed by atoms with Gasteiger partial charge in [0.2, 0.25) is 0 Å². The summed E-state index contributed by atoms with van der Waals surface area (Å²) in [6.07, 6.45) is 6.12. The number of anilines is 1. The summed E-state index contributed by atoms with van der Waals surface area (Å²) in [5.74, 6) is 1.44. The molecular weight excluding hydrogens is 426 g/mol. The van der Waals surface area contributed by atoms with Gasteiger partial charge in [0, 0.05) is 30.0 Å². The number of nitrogens with zero attached hydrogens (tertiary/aromatic N) is 3. The van der Waals surface area contributed by atoms with Crippen LogP contribution in [-0.4, -0.2) is 34.6 Å². The van der Waals surface area contributed by atoms with Crippen molar-refractivity contribution in [3.63, 3.8) is 0 Å². The van der Waals surface area contributed by atoms with Gasteiger partial charge in [0.15, 0.2) is 0 Å². The number of ether oxygens (including phenoxy) is 1. The lowest BCUT2D eigenvalue weighted by molar-refractivity contribution is -0.122. The number of rotatable bonds is 4. The number of fused-ring (bicyclic) bond motifs is 3. The SMILES string of the molecule is COC(=O)N1c2ccc3c(nc(Cc4ccccc4)n3[C@H]3CCC[C@H](C(C)=O)C3)c2CC[C@@H]1C. The molecule has 2 heterocycles. The van der Waals surface area contributed by atoms with Gasteiger partial charge in [-0.15, -0.1) is 0 Å². The quantitative estimate of drug-likeness (QED) is 0.491. The second kappa shape index (κ2) is 9.24. The maximum absolute atomic E-state index is 12.6. The fourth-order valence-electron chi connectivity index (χ4n) is 5.90. The topological polar surface area (TPSA) is 64.4 Å². The minimum absolute atomic E-state index is 0.0814. The Morgan fingerprint density at radius 3 is 2.62 bits per heavy atom. The number of aromatic nitrogens is 2. The summed E-state index contributed by atoms with van der Waals surface area (Å²) < 4.78 is 7.50. The molecule has 3 atom stereocenters. The van der Waals surface area contributed by atoms with Gasteiger partial charge in [-0.3, -0.25) is 9.69 Å². The number of ketones is 1. The molecule has 2 aromatic carbocycles. The Morgan fingerprint density at radius 2 is 1.88 bits per heavy atom. The zero-order valence-electron chi connectivity index (χ0n) is 20.3. The number of carbonyl (C=O) groups is 2. The van der Waals surface area contributed by atoms with Crippen molar-refractivity contribution in [1.82, 2.24) is 9.55 Å². The van der Waals surface area contributed by atoms with Crippen molar-refractivity contribution in [2.24, 2.45) is 5.92 Å². The molecule has 0 spiro atoms. The average Bonchev–Trinajstić information content (AvgIpc) is 3.22. The first-order chi connectivity index (χ1) is 16.5. The van der Waals surface area contributed by atoms with Crippen molar-refractivity contribution < 1.29 is 14.3 Å². The molecule has 0 bridgehead atoms. The number of benzene rings is 2. The van der Waals surface area contributed by atoms with Gasteiger partial charge in [0.1, 0.15) is 11.6 Å². The van der Waals surface area contributed by atoms with Gasteiger partial charge >= 0.3 is 6.09 Å². The smallest absolute Gasteiger partial charge is 0.414 e. The van der Waals surface area contributed by atoms with Crippen LogP contribution < -0.4 is 4.90 Å². The van der Waals surface area contributed by atoms with Crippen LogP contribution in [0, 0.1) is 5.92 Å². The van der Waals surface area contributed by atoms with E-state index in [-0.39, 0.29) is 24.1 Å². The molecule has 5 rings (SSSR count). The summed E-state index contributed by atoms with van der Waals surface area (Å²) in [7, 11) is 1.43. The van der Waals surface area contributed by atoms with Crippen molar-refractivity contribution in [3.8, 4) is 0 Å². The van der Waals surface area contributed by atoms with Crippen LogP contribution in [-0.2, 0) is 22.4 Å². The molecule has 1 aliphatic heterocycles. The van der Waals surface area contributed by atoms with Gasteiger partial charge in [0.25, 0.3) is 0 Å². The minimum Gasteiger partial charge on any atom is -0.452 e.